The Kier molecular flexibility index (Phi) is 5.72. The molecule has 24 heavy (non-hydrogen) atoms. The smallest absolute Gasteiger partial charge is 0.220 e. The molecule has 5 nitrogen and oxygen atoms in total. The van der Waals surface area contributed by atoms with E-state index in [0.717, 1.165) is 44.6 Å². The highest BCUT2D eigenvalue weighted by Gasteiger charge is 2.33. The van der Waals surface area contributed by atoms with Crippen molar-refractivity contribution in [3.05, 3.63) is 24.4 Å². The number of amides is 1. The molecular weight excluding hydrogens is 300 g/mol. The van der Waals surface area contributed by atoms with E-state index in [1.807, 2.05) is 24.4 Å². The number of hydrogen-bond acceptors (Lipinski definition) is 4. The molecule has 0 spiro atoms. The summed E-state index contributed by atoms with van der Waals surface area (Å²) in [6.45, 7) is 2.53. The molecule has 1 aromatic heterocycles. The van der Waals surface area contributed by atoms with E-state index in [1.165, 1.54) is 19.3 Å². The second kappa shape index (κ2) is 7.97. The fourth-order valence-electron chi connectivity index (χ4n) is 4.17. The molecule has 0 aromatic carbocycles. The van der Waals surface area contributed by atoms with Gasteiger partial charge in [-0.25, -0.2) is 4.98 Å². The predicted octanol–water partition coefficient (Wildman–Crippen LogP) is 2.47. The van der Waals surface area contributed by atoms with Gasteiger partial charge in [0.05, 0.1) is 0 Å². The Morgan fingerprint density at radius 2 is 2.00 bits per heavy atom. The molecule has 3 rings (SSSR count). The first kappa shape index (κ1) is 17.2. The normalized spacial score (nSPS) is 21.5. The molecule has 0 atom stereocenters. The van der Waals surface area contributed by atoms with Crippen molar-refractivity contribution in [3.63, 3.8) is 0 Å². The number of carbonyl (C=O) groups is 1. The van der Waals surface area contributed by atoms with Crippen molar-refractivity contribution in [1.82, 2.24) is 10.3 Å². The van der Waals surface area contributed by atoms with Crippen LogP contribution in [-0.2, 0) is 4.79 Å². The number of hydrogen-bond donors (Lipinski definition) is 2. The van der Waals surface area contributed by atoms with Gasteiger partial charge in [0.25, 0.3) is 0 Å². The molecule has 0 unspecified atom stereocenters. The largest absolute Gasteiger partial charge is 0.356 e. The molecule has 5 heteroatoms. The summed E-state index contributed by atoms with van der Waals surface area (Å²) >= 11 is 0. The molecule has 1 saturated carbocycles. The second-order valence-corrected chi connectivity index (χ2v) is 7.46. The fraction of sp³-hybridized carbons (Fsp3) is 0.684. The summed E-state index contributed by atoms with van der Waals surface area (Å²) in [4.78, 5) is 19.2. The first-order valence-corrected chi connectivity index (χ1v) is 9.36. The minimum absolute atomic E-state index is 0.0526. The second-order valence-electron chi connectivity index (χ2n) is 7.46. The molecule has 2 aliphatic rings. The van der Waals surface area contributed by atoms with Crippen LogP contribution in [0.15, 0.2) is 24.4 Å². The van der Waals surface area contributed by atoms with Gasteiger partial charge in [0.15, 0.2) is 0 Å². The van der Waals surface area contributed by atoms with Gasteiger partial charge in [0.1, 0.15) is 5.82 Å². The minimum atomic E-state index is 0.0526. The highest BCUT2D eigenvalue weighted by Crippen LogP contribution is 2.38. The summed E-state index contributed by atoms with van der Waals surface area (Å²) in [5.74, 6) is 1.23. The number of nitrogens with two attached hydrogens (primary N) is 1. The minimum Gasteiger partial charge on any atom is -0.356 e. The quantitative estimate of drug-likeness (QED) is 0.870. The number of nitrogens with one attached hydrogen (secondary N) is 1. The zero-order chi connectivity index (χ0) is 16.8. The van der Waals surface area contributed by atoms with Crippen molar-refractivity contribution >= 4 is 11.7 Å². The van der Waals surface area contributed by atoms with Crippen molar-refractivity contribution in [2.75, 3.05) is 24.5 Å². The zero-order valence-corrected chi connectivity index (χ0v) is 14.5. The van der Waals surface area contributed by atoms with E-state index in [1.54, 1.807) is 0 Å². The molecule has 3 N–H and O–H groups in total. The van der Waals surface area contributed by atoms with E-state index in [9.17, 15) is 4.79 Å². The maximum absolute atomic E-state index is 12.5. The Labute approximate surface area is 145 Å². The third-order valence-corrected chi connectivity index (χ3v) is 5.72. The van der Waals surface area contributed by atoms with E-state index in [-0.39, 0.29) is 17.4 Å². The molecular formula is C19H30N4O. The van der Waals surface area contributed by atoms with Crippen LogP contribution in [0.1, 0.15) is 51.4 Å². The Hall–Kier alpha value is -1.62. The van der Waals surface area contributed by atoms with Gasteiger partial charge in [-0.2, -0.15) is 0 Å². The Morgan fingerprint density at radius 3 is 2.62 bits per heavy atom. The molecule has 2 heterocycles. The lowest BCUT2D eigenvalue weighted by atomic mass is 9.71. The average molecular weight is 330 g/mol. The van der Waals surface area contributed by atoms with Crippen molar-refractivity contribution in [1.29, 1.82) is 0 Å². The van der Waals surface area contributed by atoms with E-state index >= 15 is 0 Å². The number of aromatic nitrogens is 1. The standard InChI is InChI=1S/C19H30N4O/c20-15-19(9-3-1-4-10-19)14-18(24)22-16-7-12-23(13-8-16)17-6-2-5-11-21-17/h2,5-6,11,16H,1,3-4,7-10,12-15,20H2,(H,22,24). The highest BCUT2D eigenvalue weighted by molar-refractivity contribution is 5.77. The lowest BCUT2D eigenvalue weighted by Crippen LogP contribution is -2.47. The molecule has 1 aliphatic carbocycles. The van der Waals surface area contributed by atoms with E-state index < -0.39 is 0 Å². The number of piperidine rings is 1. The van der Waals surface area contributed by atoms with Crippen LogP contribution in [0.4, 0.5) is 5.82 Å². The molecule has 1 amide bonds. The van der Waals surface area contributed by atoms with Crippen LogP contribution in [0.5, 0.6) is 0 Å². The van der Waals surface area contributed by atoms with Crippen LogP contribution in [-0.4, -0.2) is 36.6 Å². The van der Waals surface area contributed by atoms with Gasteiger partial charge in [-0.15, -0.1) is 0 Å². The molecule has 0 bridgehead atoms. The highest BCUT2D eigenvalue weighted by atomic mass is 16.1. The van der Waals surface area contributed by atoms with Crippen molar-refractivity contribution < 1.29 is 4.79 Å². The van der Waals surface area contributed by atoms with Gasteiger partial charge in [0, 0.05) is 31.7 Å². The van der Waals surface area contributed by atoms with Crippen molar-refractivity contribution in [2.45, 2.75) is 57.4 Å². The number of rotatable bonds is 5. The van der Waals surface area contributed by atoms with Crippen molar-refractivity contribution in [2.24, 2.45) is 11.1 Å². The predicted molar refractivity (Wildman–Crippen MR) is 96.8 cm³/mol. The number of carbonyl (C=O) groups excluding carboxylic acids is 1. The summed E-state index contributed by atoms with van der Waals surface area (Å²) in [6, 6.07) is 6.30. The Balaban J connectivity index is 1.46. The van der Waals surface area contributed by atoms with Gasteiger partial charge >= 0.3 is 0 Å². The van der Waals surface area contributed by atoms with Crippen LogP contribution in [0.3, 0.4) is 0 Å². The third kappa shape index (κ3) is 4.26. The number of anilines is 1. The SMILES string of the molecule is NCC1(CC(=O)NC2CCN(c3ccccn3)CC2)CCCCC1. The van der Waals surface area contributed by atoms with E-state index in [2.05, 4.69) is 15.2 Å². The maximum atomic E-state index is 12.5. The molecule has 1 aromatic rings. The van der Waals surface area contributed by atoms with Crippen LogP contribution >= 0.6 is 0 Å². The van der Waals surface area contributed by atoms with E-state index in [4.69, 9.17) is 5.73 Å². The fourth-order valence-corrected chi connectivity index (χ4v) is 4.17. The lowest BCUT2D eigenvalue weighted by Gasteiger charge is -2.37. The Bertz CT molecular complexity index is 519. The van der Waals surface area contributed by atoms with Crippen LogP contribution in [0.2, 0.25) is 0 Å². The molecule has 2 fully saturated rings. The summed E-state index contributed by atoms with van der Waals surface area (Å²) in [6.07, 6.45) is 10.3. The summed E-state index contributed by atoms with van der Waals surface area (Å²) in [7, 11) is 0. The summed E-state index contributed by atoms with van der Waals surface area (Å²) < 4.78 is 0. The molecule has 0 radical (unpaired) electrons. The first-order chi connectivity index (χ1) is 11.7. The van der Waals surface area contributed by atoms with Gasteiger partial charge in [-0.3, -0.25) is 4.79 Å². The third-order valence-electron chi connectivity index (χ3n) is 5.72. The van der Waals surface area contributed by atoms with Crippen LogP contribution in [0, 0.1) is 5.41 Å². The monoisotopic (exact) mass is 330 g/mol. The lowest BCUT2D eigenvalue weighted by molar-refractivity contribution is -0.124. The number of nitrogens with zero attached hydrogens (tertiary/aromatic N) is 2. The summed E-state index contributed by atoms with van der Waals surface area (Å²) in [5.41, 5.74) is 6.06. The Morgan fingerprint density at radius 1 is 1.25 bits per heavy atom. The topological polar surface area (TPSA) is 71.2 Å². The number of pyridine rings is 1. The molecule has 1 aliphatic heterocycles. The van der Waals surface area contributed by atoms with Crippen LogP contribution in [0.25, 0.3) is 0 Å². The summed E-state index contributed by atoms with van der Waals surface area (Å²) in [5, 5.41) is 3.26. The molecule has 1 saturated heterocycles. The van der Waals surface area contributed by atoms with Gasteiger partial charge in [-0.1, -0.05) is 25.3 Å². The zero-order valence-electron chi connectivity index (χ0n) is 14.5. The van der Waals surface area contributed by atoms with Crippen LogP contribution < -0.4 is 16.0 Å². The van der Waals surface area contributed by atoms with Gasteiger partial charge in [-0.05, 0) is 49.8 Å². The first-order valence-electron chi connectivity index (χ1n) is 9.36. The average Bonchev–Trinajstić information content (AvgIpc) is 2.64. The molecule has 132 valence electrons. The maximum Gasteiger partial charge on any atom is 0.220 e. The van der Waals surface area contributed by atoms with E-state index in [0.29, 0.717) is 13.0 Å². The van der Waals surface area contributed by atoms with Gasteiger partial charge in [0.2, 0.25) is 5.91 Å². The van der Waals surface area contributed by atoms with Gasteiger partial charge < -0.3 is 16.0 Å². The van der Waals surface area contributed by atoms with Crippen molar-refractivity contribution in [3.8, 4) is 0 Å².